The first-order valence-electron chi connectivity index (χ1n) is 4.16. The first kappa shape index (κ1) is 7.80. The van der Waals surface area contributed by atoms with Crippen LogP contribution in [0.2, 0.25) is 0 Å². The number of epoxide rings is 1. The van der Waals surface area contributed by atoms with Crippen LogP contribution in [0.4, 0.5) is 0 Å². The Morgan fingerprint density at radius 1 is 1.50 bits per heavy atom. The summed E-state index contributed by atoms with van der Waals surface area (Å²) in [6.45, 7) is 5.90. The first-order chi connectivity index (χ1) is 4.88. The zero-order valence-corrected chi connectivity index (χ0v) is 6.68. The Kier molecular flexibility index (Phi) is 2.94. The molecule has 0 aromatic rings. The standard InChI is InChI=1S/C9H16O/c1-3-5-6-7-9-8(4-2)10-9/h4,8-9H,2-3,5-7H2,1H3. The largest absolute Gasteiger partial charge is 0.365 e. The van der Waals surface area contributed by atoms with Crippen LogP contribution in [-0.2, 0) is 4.74 Å². The van der Waals surface area contributed by atoms with Crippen LogP contribution in [0.25, 0.3) is 0 Å². The Morgan fingerprint density at radius 3 is 2.80 bits per heavy atom. The van der Waals surface area contributed by atoms with E-state index in [9.17, 15) is 0 Å². The Hall–Kier alpha value is -0.300. The van der Waals surface area contributed by atoms with Crippen LogP contribution in [0.15, 0.2) is 12.7 Å². The monoisotopic (exact) mass is 140 g/mol. The van der Waals surface area contributed by atoms with E-state index in [4.69, 9.17) is 4.74 Å². The Balaban J connectivity index is 1.91. The van der Waals surface area contributed by atoms with Crippen molar-refractivity contribution in [1.82, 2.24) is 0 Å². The average Bonchev–Trinajstić information content (AvgIpc) is 2.68. The van der Waals surface area contributed by atoms with Crippen molar-refractivity contribution in [2.45, 2.75) is 44.8 Å². The Labute approximate surface area is 63.1 Å². The van der Waals surface area contributed by atoms with Gasteiger partial charge in [-0.3, -0.25) is 0 Å². The van der Waals surface area contributed by atoms with E-state index >= 15 is 0 Å². The van der Waals surface area contributed by atoms with E-state index in [2.05, 4.69) is 13.5 Å². The second kappa shape index (κ2) is 3.77. The summed E-state index contributed by atoms with van der Waals surface area (Å²) in [6, 6.07) is 0. The van der Waals surface area contributed by atoms with Crippen LogP contribution < -0.4 is 0 Å². The van der Waals surface area contributed by atoms with Crippen LogP contribution >= 0.6 is 0 Å². The van der Waals surface area contributed by atoms with Gasteiger partial charge in [0.1, 0.15) is 6.10 Å². The van der Waals surface area contributed by atoms with E-state index in [1.54, 1.807) is 0 Å². The molecule has 0 aliphatic carbocycles. The van der Waals surface area contributed by atoms with Gasteiger partial charge in [0.25, 0.3) is 0 Å². The van der Waals surface area contributed by atoms with Gasteiger partial charge in [-0.15, -0.1) is 6.58 Å². The third-order valence-electron chi connectivity index (χ3n) is 1.95. The van der Waals surface area contributed by atoms with Gasteiger partial charge >= 0.3 is 0 Å². The number of rotatable bonds is 5. The van der Waals surface area contributed by atoms with Crippen LogP contribution in [0, 0.1) is 0 Å². The highest BCUT2D eigenvalue weighted by Gasteiger charge is 2.34. The van der Waals surface area contributed by atoms with E-state index in [-0.39, 0.29) is 0 Å². The predicted octanol–water partition coefficient (Wildman–Crippen LogP) is 2.52. The molecular formula is C9H16O. The molecule has 0 spiro atoms. The lowest BCUT2D eigenvalue weighted by Crippen LogP contribution is -1.89. The maximum absolute atomic E-state index is 5.29. The molecule has 0 aromatic carbocycles. The first-order valence-corrected chi connectivity index (χ1v) is 4.16. The highest BCUT2D eigenvalue weighted by atomic mass is 16.6. The van der Waals surface area contributed by atoms with Crippen molar-refractivity contribution in [2.75, 3.05) is 0 Å². The van der Waals surface area contributed by atoms with Crippen molar-refractivity contribution in [3.8, 4) is 0 Å². The topological polar surface area (TPSA) is 12.5 Å². The molecule has 2 atom stereocenters. The summed E-state index contributed by atoms with van der Waals surface area (Å²) < 4.78 is 5.29. The fourth-order valence-corrected chi connectivity index (χ4v) is 1.19. The molecule has 1 aliphatic rings. The van der Waals surface area contributed by atoms with E-state index in [1.165, 1.54) is 25.7 Å². The molecule has 10 heavy (non-hydrogen) atoms. The van der Waals surface area contributed by atoms with Crippen molar-refractivity contribution in [2.24, 2.45) is 0 Å². The molecule has 0 bridgehead atoms. The number of hydrogen-bond acceptors (Lipinski definition) is 1. The van der Waals surface area contributed by atoms with Gasteiger partial charge in [0.2, 0.25) is 0 Å². The molecule has 1 nitrogen and oxygen atoms in total. The molecule has 1 aliphatic heterocycles. The highest BCUT2D eigenvalue weighted by molar-refractivity contribution is 4.97. The third kappa shape index (κ3) is 2.14. The van der Waals surface area contributed by atoms with Gasteiger partial charge in [0, 0.05) is 0 Å². The lowest BCUT2D eigenvalue weighted by Gasteiger charge is -1.91. The second-order valence-corrected chi connectivity index (χ2v) is 2.87. The summed E-state index contributed by atoms with van der Waals surface area (Å²) in [7, 11) is 0. The molecule has 0 N–H and O–H groups in total. The smallest absolute Gasteiger partial charge is 0.102 e. The summed E-state index contributed by atoms with van der Waals surface area (Å²) in [4.78, 5) is 0. The van der Waals surface area contributed by atoms with E-state index < -0.39 is 0 Å². The molecule has 1 heterocycles. The maximum Gasteiger partial charge on any atom is 0.102 e. The van der Waals surface area contributed by atoms with Gasteiger partial charge in [-0.1, -0.05) is 32.3 Å². The quantitative estimate of drug-likeness (QED) is 0.325. The minimum absolute atomic E-state index is 0.386. The normalized spacial score (nSPS) is 30.1. The van der Waals surface area contributed by atoms with Crippen LogP contribution in [-0.4, -0.2) is 12.2 Å². The molecule has 1 fully saturated rings. The van der Waals surface area contributed by atoms with E-state index in [0.29, 0.717) is 12.2 Å². The number of ether oxygens (including phenoxy) is 1. The molecule has 0 amide bonds. The van der Waals surface area contributed by atoms with Crippen LogP contribution in [0.5, 0.6) is 0 Å². The molecule has 2 unspecified atom stereocenters. The van der Waals surface area contributed by atoms with E-state index in [1.807, 2.05) is 6.08 Å². The highest BCUT2D eigenvalue weighted by Crippen LogP contribution is 2.27. The van der Waals surface area contributed by atoms with Crippen molar-refractivity contribution in [1.29, 1.82) is 0 Å². The maximum atomic E-state index is 5.29. The molecular weight excluding hydrogens is 124 g/mol. The summed E-state index contributed by atoms with van der Waals surface area (Å²) >= 11 is 0. The van der Waals surface area contributed by atoms with Gasteiger partial charge in [0.05, 0.1) is 6.10 Å². The lowest BCUT2D eigenvalue weighted by atomic mass is 10.1. The average molecular weight is 140 g/mol. The number of hydrogen-bond donors (Lipinski definition) is 0. The Bertz CT molecular complexity index is 109. The van der Waals surface area contributed by atoms with Crippen LogP contribution in [0.1, 0.15) is 32.6 Å². The van der Waals surface area contributed by atoms with Crippen molar-refractivity contribution in [3.63, 3.8) is 0 Å². The summed E-state index contributed by atoms with van der Waals surface area (Å²) in [5.41, 5.74) is 0. The van der Waals surface area contributed by atoms with Gasteiger partial charge in [0.15, 0.2) is 0 Å². The summed E-state index contributed by atoms with van der Waals surface area (Å²) in [5, 5.41) is 0. The van der Waals surface area contributed by atoms with Gasteiger partial charge < -0.3 is 4.74 Å². The van der Waals surface area contributed by atoms with E-state index in [0.717, 1.165) is 0 Å². The second-order valence-electron chi connectivity index (χ2n) is 2.87. The van der Waals surface area contributed by atoms with Gasteiger partial charge in [-0.05, 0) is 6.42 Å². The Morgan fingerprint density at radius 2 is 2.30 bits per heavy atom. The molecule has 0 radical (unpaired) electrons. The third-order valence-corrected chi connectivity index (χ3v) is 1.95. The molecule has 58 valence electrons. The SMILES string of the molecule is C=CC1OC1CCCCC. The minimum Gasteiger partial charge on any atom is -0.365 e. The summed E-state index contributed by atoms with van der Waals surface area (Å²) in [5.74, 6) is 0. The zero-order chi connectivity index (χ0) is 7.40. The molecule has 1 rings (SSSR count). The van der Waals surface area contributed by atoms with Crippen molar-refractivity contribution in [3.05, 3.63) is 12.7 Å². The number of unbranched alkanes of at least 4 members (excludes halogenated alkanes) is 2. The predicted molar refractivity (Wildman–Crippen MR) is 43.0 cm³/mol. The fourth-order valence-electron chi connectivity index (χ4n) is 1.19. The fraction of sp³-hybridized carbons (Fsp3) is 0.778. The molecule has 0 aromatic heterocycles. The molecule has 0 saturated carbocycles. The lowest BCUT2D eigenvalue weighted by molar-refractivity contribution is 0.373. The molecule has 1 heteroatoms. The van der Waals surface area contributed by atoms with Gasteiger partial charge in [-0.25, -0.2) is 0 Å². The van der Waals surface area contributed by atoms with Crippen LogP contribution in [0.3, 0.4) is 0 Å². The summed E-state index contributed by atoms with van der Waals surface area (Å²) in [6.07, 6.45) is 7.97. The van der Waals surface area contributed by atoms with Crippen molar-refractivity contribution >= 4 is 0 Å². The van der Waals surface area contributed by atoms with Gasteiger partial charge in [-0.2, -0.15) is 0 Å². The minimum atomic E-state index is 0.386. The van der Waals surface area contributed by atoms with Crippen molar-refractivity contribution < 1.29 is 4.74 Å². The molecule has 1 saturated heterocycles. The zero-order valence-electron chi connectivity index (χ0n) is 6.68.